The van der Waals surface area contributed by atoms with Crippen molar-refractivity contribution in [2.75, 3.05) is 33.9 Å². The summed E-state index contributed by atoms with van der Waals surface area (Å²) in [5.41, 5.74) is 4.13. The number of nitrogens with zero attached hydrogens (tertiary/aromatic N) is 2. The molecule has 0 aliphatic carbocycles. The number of para-hydroxylation sites is 1. The number of carbonyl (C=O) groups excluding carboxylic acids is 2. The number of ether oxygens (including phenoxy) is 2. The van der Waals surface area contributed by atoms with Gasteiger partial charge in [-0.15, -0.1) is 0 Å². The van der Waals surface area contributed by atoms with E-state index in [0.29, 0.717) is 44.1 Å². The molecule has 8 nitrogen and oxygen atoms in total. The Morgan fingerprint density at radius 1 is 0.878 bits per heavy atom. The molecule has 0 radical (unpaired) electrons. The zero-order valence-electron chi connectivity index (χ0n) is 24.4. The van der Waals surface area contributed by atoms with Crippen molar-refractivity contribution < 1.29 is 19.1 Å². The summed E-state index contributed by atoms with van der Waals surface area (Å²) in [5.74, 6) is 1.33. The van der Waals surface area contributed by atoms with Gasteiger partial charge in [-0.2, -0.15) is 0 Å². The molecule has 4 aromatic rings. The molecule has 0 saturated heterocycles. The van der Waals surface area contributed by atoms with Gasteiger partial charge < -0.3 is 29.6 Å². The Bertz CT molecular complexity index is 1430. The average molecular weight is 557 g/mol. The molecule has 41 heavy (non-hydrogen) atoms. The SMILES string of the molecule is COc1ccc(CN(CCc2c[nH]c3ccccc23)C(=O)CN(CC(C)C)C(=O)NCc2ccccc2)cc1OC. The van der Waals surface area contributed by atoms with Crippen molar-refractivity contribution in [2.45, 2.75) is 33.4 Å². The molecule has 0 atom stereocenters. The number of methoxy groups -OCH3 is 2. The maximum Gasteiger partial charge on any atom is 0.318 e. The number of hydrogen-bond donors (Lipinski definition) is 2. The van der Waals surface area contributed by atoms with Crippen LogP contribution in [0.25, 0.3) is 10.9 Å². The Balaban J connectivity index is 1.52. The van der Waals surface area contributed by atoms with E-state index in [1.807, 2.05) is 91.7 Å². The highest BCUT2D eigenvalue weighted by atomic mass is 16.5. The second-order valence-electron chi connectivity index (χ2n) is 10.5. The molecule has 0 unspecified atom stereocenters. The second kappa shape index (κ2) is 14.3. The Morgan fingerprint density at radius 3 is 2.34 bits per heavy atom. The van der Waals surface area contributed by atoms with Gasteiger partial charge >= 0.3 is 6.03 Å². The predicted octanol–water partition coefficient (Wildman–Crippen LogP) is 5.62. The summed E-state index contributed by atoms with van der Waals surface area (Å²) in [6.07, 6.45) is 2.68. The van der Waals surface area contributed by atoms with Crippen molar-refractivity contribution in [1.29, 1.82) is 0 Å². The lowest BCUT2D eigenvalue weighted by atomic mass is 10.1. The first-order valence-electron chi connectivity index (χ1n) is 14.0. The number of fused-ring (bicyclic) bond motifs is 1. The van der Waals surface area contributed by atoms with Gasteiger partial charge in [0.05, 0.1) is 14.2 Å². The van der Waals surface area contributed by atoms with Gasteiger partial charge in [0.25, 0.3) is 0 Å². The quantitative estimate of drug-likeness (QED) is 0.224. The minimum atomic E-state index is -0.251. The minimum Gasteiger partial charge on any atom is -0.493 e. The van der Waals surface area contributed by atoms with Crippen molar-refractivity contribution in [2.24, 2.45) is 5.92 Å². The summed E-state index contributed by atoms with van der Waals surface area (Å²) in [7, 11) is 3.19. The number of carbonyl (C=O) groups is 2. The van der Waals surface area contributed by atoms with Gasteiger partial charge in [-0.3, -0.25) is 4.79 Å². The van der Waals surface area contributed by atoms with Crippen LogP contribution in [0, 0.1) is 5.92 Å². The first-order chi connectivity index (χ1) is 19.9. The van der Waals surface area contributed by atoms with Crippen molar-refractivity contribution in [3.8, 4) is 11.5 Å². The number of aromatic amines is 1. The molecule has 8 heteroatoms. The van der Waals surface area contributed by atoms with Crippen LogP contribution in [0.5, 0.6) is 11.5 Å². The van der Waals surface area contributed by atoms with Gasteiger partial charge in [0.1, 0.15) is 6.54 Å². The molecular formula is C33H40N4O4. The minimum absolute atomic E-state index is 0.0139. The first-order valence-corrected chi connectivity index (χ1v) is 14.0. The number of aromatic nitrogens is 1. The molecule has 4 rings (SSSR count). The fraction of sp³-hybridized carbons (Fsp3) is 0.333. The smallest absolute Gasteiger partial charge is 0.318 e. The zero-order valence-corrected chi connectivity index (χ0v) is 24.4. The Hall–Kier alpha value is -4.46. The van der Waals surface area contributed by atoms with E-state index in [0.717, 1.165) is 27.6 Å². The predicted molar refractivity (Wildman–Crippen MR) is 162 cm³/mol. The summed E-state index contributed by atoms with van der Waals surface area (Å²) in [6.45, 7) is 5.82. The van der Waals surface area contributed by atoms with E-state index >= 15 is 0 Å². The molecule has 0 bridgehead atoms. The van der Waals surface area contributed by atoms with Crippen molar-refractivity contribution in [3.63, 3.8) is 0 Å². The fourth-order valence-electron chi connectivity index (χ4n) is 4.89. The number of H-pyrrole nitrogens is 1. The molecule has 0 aliphatic heterocycles. The first kappa shape index (κ1) is 29.5. The lowest BCUT2D eigenvalue weighted by Crippen LogP contribution is -2.48. The van der Waals surface area contributed by atoms with E-state index in [1.54, 1.807) is 19.1 Å². The Kier molecular flexibility index (Phi) is 10.3. The zero-order chi connectivity index (χ0) is 29.2. The van der Waals surface area contributed by atoms with E-state index < -0.39 is 0 Å². The monoisotopic (exact) mass is 556 g/mol. The molecule has 1 heterocycles. The van der Waals surface area contributed by atoms with Crippen LogP contribution in [0.2, 0.25) is 0 Å². The van der Waals surface area contributed by atoms with Crippen LogP contribution in [0.3, 0.4) is 0 Å². The van der Waals surface area contributed by atoms with Crippen LogP contribution in [-0.2, 0) is 24.3 Å². The summed E-state index contributed by atoms with van der Waals surface area (Å²) in [5, 5.41) is 4.13. The maximum atomic E-state index is 13.9. The third kappa shape index (κ3) is 8.03. The Labute approximate surface area is 242 Å². The van der Waals surface area contributed by atoms with E-state index in [-0.39, 0.29) is 24.4 Å². The second-order valence-corrected chi connectivity index (χ2v) is 10.5. The third-order valence-corrected chi connectivity index (χ3v) is 6.99. The lowest BCUT2D eigenvalue weighted by Gasteiger charge is -2.29. The number of amides is 3. The third-order valence-electron chi connectivity index (χ3n) is 6.99. The fourth-order valence-corrected chi connectivity index (χ4v) is 4.89. The van der Waals surface area contributed by atoms with E-state index in [9.17, 15) is 9.59 Å². The van der Waals surface area contributed by atoms with Crippen LogP contribution in [-0.4, -0.2) is 60.6 Å². The Morgan fingerprint density at radius 2 is 1.61 bits per heavy atom. The van der Waals surface area contributed by atoms with Gasteiger partial charge in [0, 0.05) is 43.3 Å². The highest BCUT2D eigenvalue weighted by Gasteiger charge is 2.23. The van der Waals surface area contributed by atoms with Crippen LogP contribution in [0.4, 0.5) is 4.79 Å². The van der Waals surface area contributed by atoms with Crippen molar-refractivity contribution >= 4 is 22.8 Å². The standard InChI is InChI=1S/C33H40N4O4/c1-24(2)21-37(33(39)35-19-25-10-6-5-7-11-25)23-32(38)36(22-26-14-15-30(40-3)31(18-26)41-4)17-16-27-20-34-29-13-9-8-12-28(27)29/h5-15,18,20,24,34H,16-17,19,21-23H2,1-4H3,(H,35,39). The molecule has 3 amide bonds. The van der Waals surface area contributed by atoms with Gasteiger partial charge in [0.2, 0.25) is 5.91 Å². The highest BCUT2D eigenvalue weighted by molar-refractivity contribution is 5.85. The van der Waals surface area contributed by atoms with Crippen LogP contribution in [0.1, 0.15) is 30.5 Å². The maximum absolute atomic E-state index is 13.9. The molecule has 0 fully saturated rings. The molecular weight excluding hydrogens is 516 g/mol. The van der Waals surface area contributed by atoms with Crippen molar-refractivity contribution in [3.05, 3.63) is 95.7 Å². The normalized spacial score (nSPS) is 11.0. The summed E-state index contributed by atoms with van der Waals surface area (Å²) < 4.78 is 10.9. The number of rotatable bonds is 13. The summed E-state index contributed by atoms with van der Waals surface area (Å²) in [6, 6.07) is 23.3. The molecule has 216 valence electrons. The van der Waals surface area contributed by atoms with Crippen molar-refractivity contribution in [1.82, 2.24) is 20.1 Å². The van der Waals surface area contributed by atoms with E-state index in [4.69, 9.17) is 9.47 Å². The number of nitrogens with one attached hydrogen (secondary N) is 2. The number of benzene rings is 3. The van der Waals surface area contributed by atoms with Crippen LogP contribution in [0.15, 0.2) is 79.0 Å². The molecule has 0 aliphatic rings. The lowest BCUT2D eigenvalue weighted by molar-refractivity contribution is -0.132. The van der Waals surface area contributed by atoms with E-state index in [2.05, 4.69) is 16.4 Å². The molecule has 2 N–H and O–H groups in total. The van der Waals surface area contributed by atoms with Crippen LogP contribution >= 0.6 is 0 Å². The highest BCUT2D eigenvalue weighted by Crippen LogP contribution is 2.28. The van der Waals surface area contributed by atoms with E-state index in [1.165, 1.54) is 0 Å². The molecule has 0 saturated carbocycles. The number of hydrogen-bond acceptors (Lipinski definition) is 4. The van der Waals surface area contributed by atoms with Gasteiger partial charge in [0.15, 0.2) is 11.5 Å². The average Bonchev–Trinajstić information content (AvgIpc) is 3.40. The molecule has 1 aromatic heterocycles. The number of urea groups is 1. The van der Waals surface area contributed by atoms with Gasteiger partial charge in [-0.05, 0) is 47.2 Å². The van der Waals surface area contributed by atoms with Gasteiger partial charge in [-0.1, -0.05) is 68.4 Å². The van der Waals surface area contributed by atoms with Gasteiger partial charge in [-0.25, -0.2) is 4.79 Å². The van der Waals surface area contributed by atoms with Crippen LogP contribution < -0.4 is 14.8 Å². The molecule has 3 aromatic carbocycles. The molecule has 0 spiro atoms. The largest absolute Gasteiger partial charge is 0.493 e. The summed E-state index contributed by atoms with van der Waals surface area (Å²) in [4.78, 5) is 33.8. The topological polar surface area (TPSA) is 86.9 Å². The summed E-state index contributed by atoms with van der Waals surface area (Å²) >= 11 is 0.